The minimum Gasteiger partial charge on any atom is -0.485 e. The van der Waals surface area contributed by atoms with Gasteiger partial charge in [0.25, 0.3) is 0 Å². The number of hydrogen-bond acceptors (Lipinski definition) is 4. The fourth-order valence-electron chi connectivity index (χ4n) is 2.45. The SMILES string of the molecule is CCN(C)C=Nc1cc(C)c(C(=O)COc2ccc(OC(F)(F)F)cc2)cc1C. The maximum absolute atomic E-state index is 12.5. The zero-order valence-corrected chi connectivity index (χ0v) is 16.7. The molecule has 2 aromatic rings. The Balaban J connectivity index is 2.03. The number of carbonyl (C=O) groups excluding carboxylic acids is 1. The first-order valence-corrected chi connectivity index (χ1v) is 8.96. The highest BCUT2D eigenvalue weighted by molar-refractivity contribution is 5.99. The standard InChI is InChI=1S/C21H23F3N2O3/c1-5-26(4)13-25-19-11-14(2)18(10-15(19)3)20(27)12-28-16-6-8-17(9-7-16)29-21(22,23)24/h6-11,13H,5,12H2,1-4H3. The van der Waals surface area contributed by atoms with Gasteiger partial charge in [-0.05, 0) is 68.3 Å². The predicted molar refractivity (Wildman–Crippen MR) is 105 cm³/mol. The molecule has 0 heterocycles. The van der Waals surface area contributed by atoms with Crippen molar-refractivity contribution < 1.29 is 27.4 Å². The molecule has 8 heteroatoms. The maximum atomic E-state index is 12.5. The number of benzene rings is 2. The van der Waals surface area contributed by atoms with Gasteiger partial charge in [-0.25, -0.2) is 4.99 Å². The fourth-order valence-corrected chi connectivity index (χ4v) is 2.45. The number of halogens is 3. The number of ketones is 1. The van der Waals surface area contributed by atoms with Crippen LogP contribution >= 0.6 is 0 Å². The topological polar surface area (TPSA) is 51.1 Å². The van der Waals surface area contributed by atoms with E-state index >= 15 is 0 Å². The Morgan fingerprint density at radius 1 is 1.10 bits per heavy atom. The van der Waals surface area contributed by atoms with E-state index in [1.54, 1.807) is 12.4 Å². The molecule has 0 radical (unpaired) electrons. The second-order valence-electron chi connectivity index (χ2n) is 6.50. The van der Waals surface area contributed by atoms with Crippen molar-refractivity contribution >= 4 is 17.8 Å². The van der Waals surface area contributed by atoms with E-state index in [1.165, 1.54) is 12.1 Å². The van der Waals surface area contributed by atoms with Gasteiger partial charge in [-0.1, -0.05) is 0 Å². The van der Waals surface area contributed by atoms with Crippen LogP contribution in [-0.2, 0) is 0 Å². The van der Waals surface area contributed by atoms with Crippen LogP contribution in [0.15, 0.2) is 41.4 Å². The second-order valence-corrected chi connectivity index (χ2v) is 6.50. The molecule has 0 saturated heterocycles. The van der Waals surface area contributed by atoms with Crippen LogP contribution in [0, 0.1) is 13.8 Å². The number of ether oxygens (including phenoxy) is 2. The monoisotopic (exact) mass is 408 g/mol. The van der Waals surface area contributed by atoms with Crippen molar-refractivity contribution in [2.45, 2.75) is 27.1 Å². The molecule has 0 aliphatic rings. The van der Waals surface area contributed by atoms with E-state index in [0.29, 0.717) is 5.56 Å². The number of hydrogen-bond donors (Lipinski definition) is 0. The van der Waals surface area contributed by atoms with E-state index in [9.17, 15) is 18.0 Å². The Morgan fingerprint density at radius 3 is 2.31 bits per heavy atom. The normalized spacial score (nSPS) is 11.6. The number of carbonyl (C=O) groups is 1. The van der Waals surface area contributed by atoms with Gasteiger partial charge in [0.05, 0.1) is 12.0 Å². The third-order valence-electron chi connectivity index (χ3n) is 4.16. The van der Waals surface area contributed by atoms with Gasteiger partial charge in [0.15, 0.2) is 12.4 Å². The van der Waals surface area contributed by atoms with E-state index in [0.717, 1.165) is 35.5 Å². The van der Waals surface area contributed by atoms with Gasteiger partial charge in [-0.2, -0.15) is 0 Å². The number of Topliss-reactive ketones (excluding diaryl/α,β-unsaturated/α-hetero) is 1. The lowest BCUT2D eigenvalue weighted by atomic mass is 10.0. The zero-order valence-electron chi connectivity index (χ0n) is 16.7. The summed E-state index contributed by atoms with van der Waals surface area (Å²) in [5.74, 6) is -0.319. The molecule has 2 aromatic carbocycles. The lowest BCUT2D eigenvalue weighted by Gasteiger charge is -2.12. The molecule has 0 aliphatic carbocycles. The van der Waals surface area contributed by atoms with Crippen molar-refractivity contribution in [3.05, 3.63) is 53.1 Å². The van der Waals surface area contributed by atoms with E-state index in [-0.39, 0.29) is 23.9 Å². The maximum Gasteiger partial charge on any atom is 0.573 e. The summed E-state index contributed by atoms with van der Waals surface area (Å²) in [5.41, 5.74) is 2.92. The Kier molecular flexibility index (Phi) is 7.25. The predicted octanol–water partition coefficient (Wildman–Crippen LogP) is 5.08. The Morgan fingerprint density at radius 2 is 1.72 bits per heavy atom. The smallest absolute Gasteiger partial charge is 0.485 e. The van der Waals surface area contributed by atoms with Crippen molar-refractivity contribution in [1.29, 1.82) is 0 Å². The summed E-state index contributed by atoms with van der Waals surface area (Å²) < 4.78 is 45.7. The molecule has 29 heavy (non-hydrogen) atoms. The molecular weight excluding hydrogens is 385 g/mol. The molecule has 0 bridgehead atoms. The summed E-state index contributed by atoms with van der Waals surface area (Å²) in [7, 11) is 1.92. The average molecular weight is 408 g/mol. The summed E-state index contributed by atoms with van der Waals surface area (Å²) in [5, 5.41) is 0. The van der Waals surface area contributed by atoms with Gasteiger partial charge < -0.3 is 14.4 Å². The first-order valence-electron chi connectivity index (χ1n) is 8.96. The first-order chi connectivity index (χ1) is 13.6. The highest BCUT2D eigenvalue weighted by Gasteiger charge is 2.31. The van der Waals surface area contributed by atoms with Crippen LogP contribution in [0.3, 0.4) is 0 Å². The summed E-state index contributed by atoms with van der Waals surface area (Å²) >= 11 is 0. The van der Waals surface area contributed by atoms with Gasteiger partial charge in [-0.3, -0.25) is 4.79 Å². The Labute approximate surface area is 167 Å². The molecule has 0 saturated carbocycles. The van der Waals surface area contributed by atoms with E-state index < -0.39 is 6.36 Å². The number of alkyl halides is 3. The van der Waals surface area contributed by atoms with Crippen molar-refractivity contribution in [2.24, 2.45) is 4.99 Å². The molecular formula is C21H23F3N2O3. The van der Waals surface area contributed by atoms with E-state index in [2.05, 4.69) is 9.73 Å². The molecule has 0 atom stereocenters. The van der Waals surface area contributed by atoms with Crippen LogP contribution in [0.5, 0.6) is 11.5 Å². The highest BCUT2D eigenvalue weighted by atomic mass is 19.4. The quantitative estimate of drug-likeness (QED) is 0.347. The summed E-state index contributed by atoms with van der Waals surface area (Å²) in [4.78, 5) is 18.9. The van der Waals surface area contributed by atoms with Crippen molar-refractivity contribution in [3.63, 3.8) is 0 Å². The molecule has 156 valence electrons. The minimum absolute atomic E-state index is 0.234. The number of aryl methyl sites for hydroxylation is 2. The summed E-state index contributed by atoms with van der Waals surface area (Å²) in [6.45, 7) is 6.30. The fraction of sp³-hybridized carbons (Fsp3) is 0.333. The lowest BCUT2D eigenvalue weighted by molar-refractivity contribution is -0.274. The highest BCUT2D eigenvalue weighted by Crippen LogP contribution is 2.26. The molecule has 0 N–H and O–H groups in total. The van der Waals surface area contributed by atoms with Crippen molar-refractivity contribution in [2.75, 3.05) is 20.2 Å². The van der Waals surface area contributed by atoms with Gasteiger partial charge >= 0.3 is 6.36 Å². The molecule has 0 aliphatic heterocycles. The van der Waals surface area contributed by atoms with Gasteiger partial charge in [0.1, 0.15) is 11.5 Å². The van der Waals surface area contributed by atoms with Crippen LogP contribution in [0.2, 0.25) is 0 Å². The Bertz CT molecular complexity index is 878. The van der Waals surface area contributed by atoms with Crippen LogP contribution in [0.25, 0.3) is 0 Å². The first kappa shape index (κ1) is 22.3. The number of rotatable bonds is 8. The second kappa shape index (κ2) is 9.45. The molecule has 2 rings (SSSR count). The van der Waals surface area contributed by atoms with E-state index in [1.807, 2.05) is 38.8 Å². The summed E-state index contributed by atoms with van der Waals surface area (Å²) in [6.07, 6.45) is -3.02. The molecule has 0 spiro atoms. The van der Waals surface area contributed by atoms with Crippen molar-refractivity contribution in [1.82, 2.24) is 4.90 Å². The largest absolute Gasteiger partial charge is 0.573 e. The van der Waals surface area contributed by atoms with Crippen molar-refractivity contribution in [3.8, 4) is 11.5 Å². The number of aliphatic imine (C=N–C) groups is 1. The molecule has 0 amide bonds. The van der Waals surface area contributed by atoms with Gasteiger partial charge in [0.2, 0.25) is 0 Å². The van der Waals surface area contributed by atoms with Gasteiger partial charge in [0, 0.05) is 19.2 Å². The van der Waals surface area contributed by atoms with Gasteiger partial charge in [-0.15, -0.1) is 13.2 Å². The van der Waals surface area contributed by atoms with Crippen LogP contribution in [-0.4, -0.2) is 43.6 Å². The number of nitrogens with zero attached hydrogens (tertiary/aromatic N) is 2. The van der Waals surface area contributed by atoms with Crippen LogP contribution in [0.4, 0.5) is 18.9 Å². The Hall–Kier alpha value is -3.03. The molecule has 5 nitrogen and oxygen atoms in total. The third kappa shape index (κ3) is 6.81. The lowest BCUT2D eigenvalue weighted by Crippen LogP contribution is -2.17. The molecule has 0 fully saturated rings. The van der Waals surface area contributed by atoms with E-state index in [4.69, 9.17) is 4.74 Å². The third-order valence-corrected chi connectivity index (χ3v) is 4.16. The van der Waals surface area contributed by atoms with Crippen LogP contribution in [0.1, 0.15) is 28.4 Å². The molecule has 0 aromatic heterocycles. The zero-order chi connectivity index (χ0) is 21.6. The summed E-state index contributed by atoms with van der Waals surface area (Å²) in [6, 6.07) is 8.49. The molecule has 0 unspecified atom stereocenters. The van der Waals surface area contributed by atoms with Crippen LogP contribution < -0.4 is 9.47 Å². The average Bonchev–Trinajstić information content (AvgIpc) is 2.66. The minimum atomic E-state index is -4.75.